The summed E-state index contributed by atoms with van der Waals surface area (Å²) in [6.07, 6.45) is 0. The summed E-state index contributed by atoms with van der Waals surface area (Å²) in [4.78, 5) is 30.2. The van der Waals surface area contributed by atoms with Crippen LogP contribution >= 0.6 is 11.6 Å². The third kappa shape index (κ3) is 5.74. The van der Waals surface area contributed by atoms with Gasteiger partial charge in [0, 0.05) is 50.0 Å². The Balaban J connectivity index is 1.52. The molecule has 174 valence electrons. The van der Waals surface area contributed by atoms with E-state index in [1.54, 1.807) is 13.0 Å². The van der Waals surface area contributed by atoms with E-state index in [4.69, 9.17) is 16.3 Å². The molecule has 1 saturated heterocycles. The van der Waals surface area contributed by atoms with Crippen LogP contribution in [0.2, 0.25) is 5.02 Å². The fourth-order valence-electron chi connectivity index (χ4n) is 4.31. The van der Waals surface area contributed by atoms with Gasteiger partial charge in [-0.05, 0) is 24.1 Å². The number of nitrogens with zero attached hydrogens (tertiary/aromatic N) is 2. The second-order valence-electron chi connectivity index (χ2n) is 8.20. The van der Waals surface area contributed by atoms with Crippen molar-refractivity contribution in [2.45, 2.75) is 19.5 Å². The summed E-state index contributed by atoms with van der Waals surface area (Å²) in [5.74, 6) is -0.451. The normalized spacial score (nSPS) is 19.7. The second-order valence-corrected chi connectivity index (χ2v) is 8.61. The topological polar surface area (TPSA) is 73.9 Å². The molecule has 2 aromatic rings. The number of rotatable bonds is 7. The zero-order chi connectivity index (χ0) is 23.2. The molecule has 2 aliphatic rings. The number of nitrogens with one attached hydrogen (secondary N) is 2. The Labute approximate surface area is 199 Å². The molecule has 2 N–H and O–H groups in total. The van der Waals surface area contributed by atoms with Crippen molar-refractivity contribution < 1.29 is 14.3 Å². The van der Waals surface area contributed by atoms with Crippen molar-refractivity contribution in [1.29, 1.82) is 0 Å². The van der Waals surface area contributed by atoms with Crippen molar-refractivity contribution >= 4 is 23.6 Å². The van der Waals surface area contributed by atoms with Gasteiger partial charge in [-0.1, -0.05) is 60.1 Å². The average molecular weight is 469 g/mol. The lowest BCUT2D eigenvalue weighted by atomic mass is 9.94. The molecule has 0 bridgehead atoms. The van der Waals surface area contributed by atoms with Gasteiger partial charge >= 0.3 is 12.0 Å². The first-order chi connectivity index (χ1) is 16.0. The smallest absolute Gasteiger partial charge is 0.338 e. The number of amides is 2. The van der Waals surface area contributed by atoms with Crippen LogP contribution in [-0.2, 0) is 16.1 Å². The summed E-state index contributed by atoms with van der Waals surface area (Å²) < 4.78 is 5.35. The summed E-state index contributed by atoms with van der Waals surface area (Å²) in [7, 11) is 0. The lowest BCUT2D eigenvalue weighted by Gasteiger charge is -2.37. The van der Waals surface area contributed by atoms with Gasteiger partial charge in [0.15, 0.2) is 0 Å². The molecule has 2 amide bonds. The average Bonchev–Trinajstić information content (AvgIpc) is 2.81. The van der Waals surface area contributed by atoms with Crippen molar-refractivity contribution in [2.75, 3.05) is 39.3 Å². The van der Waals surface area contributed by atoms with Gasteiger partial charge in [0.1, 0.15) is 0 Å². The minimum Gasteiger partial charge on any atom is -0.463 e. The highest BCUT2D eigenvalue weighted by Crippen LogP contribution is 2.32. The summed E-state index contributed by atoms with van der Waals surface area (Å²) in [5.41, 5.74) is 2.93. The van der Waals surface area contributed by atoms with E-state index >= 15 is 0 Å². The maximum atomic E-state index is 13.0. The van der Waals surface area contributed by atoms with Crippen LogP contribution in [0.1, 0.15) is 24.1 Å². The predicted molar refractivity (Wildman–Crippen MR) is 128 cm³/mol. The number of piperazine rings is 1. The van der Waals surface area contributed by atoms with Crippen LogP contribution in [0.25, 0.3) is 0 Å². The van der Waals surface area contributed by atoms with E-state index in [0.29, 0.717) is 28.4 Å². The zero-order valence-electron chi connectivity index (χ0n) is 18.7. The number of ether oxygens (including phenoxy) is 1. The molecule has 0 saturated carbocycles. The SMILES string of the molecule is CCOC(=O)C1=C(CN2CCN(Cc3ccccc3)CC2)NC(=O)N[C@H]1c1ccccc1Cl. The first-order valence-corrected chi connectivity index (χ1v) is 11.6. The first-order valence-electron chi connectivity index (χ1n) is 11.3. The van der Waals surface area contributed by atoms with Crippen molar-refractivity contribution in [2.24, 2.45) is 0 Å². The number of carbonyl (C=O) groups is 2. The summed E-state index contributed by atoms with van der Waals surface area (Å²) in [6.45, 7) is 6.90. The Kier molecular flexibility index (Phi) is 7.65. The van der Waals surface area contributed by atoms with Crippen LogP contribution in [0.3, 0.4) is 0 Å². The Hall–Kier alpha value is -2.87. The van der Waals surface area contributed by atoms with Crippen LogP contribution in [0.5, 0.6) is 0 Å². The minimum atomic E-state index is -0.666. The second kappa shape index (κ2) is 10.8. The number of halogens is 1. The maximum absolute atomic E-state index is 13.0. The third-order valence-electron chi connectivity index (χ3n) is 5.96. The monoisotopic (exact) mass is 468 g/mol. The molecule has 0 aliphatic carbocycles. The largest absolute Gasteiger partial charge is 0.463 e. The predicted octanol–water partition coefficient (Wildman–Crippen LogP) is 3.33. The Bertz CT molecular complexity index is 1020. The molecular weight excluding hydrogens is 440 g/mol. The van der Waals surface area contributed by atoms with Crippen LogP contribution in [0, 0.1) is 0 Å². The lowest BCUT2D eigenvalue weighted by molar-refractivity contribution is -0.139. The van der Waals surface area contributed by atoms with Crippen molar-refractivity contribution in [3.63, 3.8) is 0 Å². The maximum Gasteiger partial charge on any atom is 0.338 e. The highest BCUT2D eigenvalue weighted by atomic mass is 35.5. The van der Waals surface area contributed by atoms with Crippen LogP contribution in [-0.4, -0.2) is 61.1 Å². The van der Waals surface area contributed by atoms with Crippen LogP contribution in [0.4, 0.5) is 4.79 Å². The Morgan fingerprint density at radius 1 is 1.00 bits per heavy atom. The fourth-order valence-corrected chi connectivity index (χ4v) is 4.55. The molecule has 1 fully saturated rings. The van der Waals surface area contributed by atoms with E-state index in [9.17, 15) is 9.59 Å². The molecule has 2 aliphatic heterocycles. The van der Waals surface area contributed by atoms with Gasteiger partial charge in [-0.3, -0.25) is 9.80 Å². The van der Waals surface area contributed by atoms with E-state index in [2.05, 4.69) is 44.7 Å². The van der Waals surface area contributed by atoms with Crippen LogP contribution < -0.4 is 10.6 Å². The molecule has 0 radical (unpaired) electrons. The quantitative estimate of drug-likeness (QED) is 0.610. The van der Waals surface area contributed by atoms with Gasteiger partial charge in [0.2, 0.25) is 0 Å². The minimum absolute atomic E-state index is 0.247. The number of esters is 1. The Morgan fingerprint density at radius 2 is 1.64 bits per heavy atom. The molecule has 0 spiro atoms. The fraction of sp³-hybridized carbons (Fsp3) is 0.360. The number of urea groups is 1. The molecule has 0 unspecified atom stereocenters. The molecule has 2 aromatic carbocycles. The van der Waals surface area contributed by atoms with Gasteiger partial charge in [0.25, 0.3) is 0 Å². The number of benzene rings is 2. The standard InChI is InChI=1S/C25H29ClN4O3/c1-2-33-24(31)22-21(27-25(32)28-23(22)19-10-6-7-11-20(19)26)17-30-14-12-29(13-15-30)16-18-8-4-3-5-9-18/h3-11,23H,2,12-17H2,1H3,(H2,27,28,32)/t23-/m0/s1. The van der Waals surface area contributed by atoms with E-state index < -0.39 is 12.0 Å². The third-order valence-corrected chi connectivity index (χ3v) is 6.31. The number of carbonyl (C=O) groups excluding carboxylic acids is 2. The Morgan fingerprint density at radius 3 is 2.30 bits per heavy atom. The first kappa shape index (κ1) is 23.3. The van der Waals surface area contributed by atoms with Gasteiger partial charge < -0.3 is 15.4 Å². The number of hydrogen-bond donors (Lipinski definition) is 2. The van der Waals surface area contributed by atoms with Crippen molar-refractivity contribution in [1.82, 2.24) is 20.4 Å². The molecule has 4 rings (SSSR count). The highest BCUT2D eigenvalue weighted by molar-refractivity contribution is 6.31. The van der Waals surface area contributed by atoms with Gasteiger partial charge in [0.05, 0.1) is 18.2 Å². The van der Waals surface area contributed by atoms with Crippen LogP contribution in [0.15, 0.2) is 65.9 Å². The van der Waals surface area contributed by atoms with E-state index in [-0.39, 0.29) is 12.6 Å². The molecule has 33 heavy (non-hydrogen) atoms. The van der Waals surface area contributed by atoms with Gasteiger partial charge in [-0.25, -0.2) is 9.59 Å². The molecule has 2 heterocycles. The number of hydrogen-bond acceptors (Lipinski definition) is 5. The highest BCUT2D eigenvalue weighted by Gasteiger charge is 2.35. The lowest BCUT2D eigenvalue weighted by Crippen LogP contribution is -2.51. The summed E-state index contributed by atoms with van der Waals surface area (Å²) in [5, 5.41) is 6.18. The molecule has 0 aromatic heterocycles. The van der Waals surface area contributed by atoms with Gasteiger partial charge in [-0.2, -0.15) is 0 Å². The zero-order valence-corrected chi connectivity index (χ0v) is 19.5. The summed E-state index contributed by atoms with van der Waals surface area (Å²) >= 11 is 6.41. The summed E-state index contributed by atoms with van der Waals surface area (Å²) in [6, 6.07) is 16.6. The molecule has 8 heteroatoms. The molecule has 7 nitrogen and oxygen atoms in total. The van der Waals surface area contributed by atoms with Gasteiger partial charge in [-0.15, -0.1) is 0 Å². The van der Waals surface area contributed by atoms with E-state index in [1.807, 2.05) is 24.3 Å². The van der Waals surface area contributed by atoms with Crippen molar-refractivity contribution in [3.05, 3.63) is 82.0 Å². The van der Waals surface area contributed by atoms with E-state index in [0.717, 1.165) is 32.7 Å². The molecule has 1 atom stereocenters. The van der Waals surface area contributed by atoms with E-state index in [1.165, 1.54) is 5.56 Å². The molecular formula is C25H29ClN4O3. The van der Waals surface area contributed by atoms with Crippen molar-refractivity contribution in [3.8, 4) is 0 Å².